The van der Waals surface area contributed by atoms with Crippen molar-refractivity contribution in [3.05, 3.63) is 51.4 Å². The maximum Gasteiger partial charge on any atom is 0.269 e. The van der Waals surface area contributed by atoms with Crippen molar-refractivity contribution in [3.8, 4) is 10.4 Å². The Balaban J connectivity index is 2.43. The molecule has 86 valence electrons. The van der Waals surface area contributed by atoms with Crippen molar-refractivity contribution >= 4 is 23.0 Å². The quantitative estimate of drug-likeness (QED) is 0.611. The molecule has 0 saturated carbocycles. The van der Waals surface area contributed by atoms with Gasteiger partial charge in [-0.1, -0.05) is 0 Å². The van der Waals surface area contributed by atoms with Crippen LogP contribution >= 0.6 is 11.3 Å². The van der Waals surface area contributed by atoms with Crippen molar-refractivity contribution in [1.82, 2.24) is 0 Å². The molecule has 1 aromatic heterocycles. The zero-order valence-corrected chi connectivity index (χ0v) is 9.27. The van der Waals surface area contributed by atoms with E-state index < -0.39 is 10.9 Å². The minimum absolute atomic E-state index is 0.0275. The molecule has 0 spiro atoms. The van der Waals surface area contributed by atoms with Gasteiger partial charge in [0.2, 0.25) is 0 Å². The first-order valence-corrected chi connectivity index (χ1v) is 5.51. The number of nitro groups is 1. The lowest BCUT2D eigenvalue weighted by molar-refractivity contribution is -0.384. The minimum atomic E-state index is -1.25. The molecule has 2 rings (SSSR count). The first-order valence-electron chi connectivity index (χ1n) is 4.63. The van der Waals surface area contributed by atoms with Gasteiger partial charge in [0.15, 0.2) is 0 Å². The Kier molecular flexibility index (Phi) is 2.88. The van der Waals surface area contributed by atoms with Crippen LogP contribution in [0.1, 0.15) is 10.4 Å². The fraction of sp³-hybridized carbons (Fsp3) is 0. The third-order valence-electron chi connectivity index (χ3n) is 2.23. The number of carboxylic acid groups (broad SMARTS) is 1. The third kappa shape index (κ3) is 2.16. The summed E-state index contributed by atoms with van der Waals surface area (Å²) in [5.41, 5.74) is 0.703. The summed E-state index contributed by atoms with van der Waals surface area (Å²) in [4.78, 5) is 21.3. The molecule has 0 fully saturated rings. The average molecular weight is 248 g/mol. The lowest BCUT2D eigenvalue weighted by Crippen LogP contribution is -2.22. The minimum Gasteiger partial charge on any atom is -0.545 e. The first-order chi connectivity index (χ1) is 8.09. The number of hydrogen-bond donors (Lipinski definition) is 0. The molecule has 0 atom stereocenters. The molecule has 0 bridgehead atoms. The summed E-state index contributed by atoms with van der Waals surface area (Å²) in [6.07, 6.45) is 0. The molecule has 0 N–H and O–H groups in total. The molecule has 6 heteroatoms. The Bertz CT molecular complexity index is 573. The second-order valence-electron chi connectivity index (χ2n) is 3.25. The number of carboxylic acids is 1. The number of nitro benzene ring substituents is 1. The zero-order valence-electron chi connectivity index (χ0n) is 8.45. The number of nitrogens with zero attached hydrogens (tertiary/aromatic N) is 1. The number of rotatable bonds is 3. The molecular formula is C11H6NO4S-. The highest BCUT2D eigenvalue weighted by Crippen LogP contribution is 2.30. The lowest BCUT2D eigenvalue weighted by atomic mass is 10.1. The predicted octanol–water partition coefficient (Wildman–Crippen LogP) is 1.69. The highest BCUT2D eigenvalue weighted by Gasteiger charge is 2.10. The summed E-state index contributed by atoms with van der Waals surface area (Å²) in [5.74, 6) is -1.25. The maximum absolute atomic E-state index is 10.8. The van der Waals surface area contributed by atoms with Crippen LogP contribution in [0.3, 0.4) is 0 Å². The summed E-state index contributed by atoms with van der Waals surface area (Å²) < 4.78 is 0. The van der Waals surface area contributed by atoms with Crippen LogP contribution in [0.2, 0.25) is 0 Å². The van der Waals surface area contributed by atoms with Crippen molar-refractivity contribution in [2.24, 2.45) is 0 Å². The number of aromatic carboxylic acids is 1. The number of carbonyl (C=O) groups excluding carboxylic acids is 1. The van der Waals surface area contributed by atoms with Crippen LogP contribution < -0.4 is 5.11 Å². The SMILES string of the molecule is O=C([O-])c1ccsc1-c1ccc([N+](=O)[O-])cc1. The van der Waals surface area contributed by atoms with E-state index in [1.807, 2.05) is 0 Å². The second-order valence-corrected chi connectivity index (χ2v) is 4.17. The molecule has 1 heterocycles. The summed E-state index contributed by atoms with van der Waals surface area (Å²) in [7, 11) is 0. The van der Waals surface area contributed by atoms with E-state index in [-0.39, 0.29) is 11.3 Å². The summed E-state index contributed by atoms with van der Waals surface area (Å²) in [6.45, 7) is 0. The molecule has 0 aliphatic rings. The molecule has 17 heavy (non-hydrogen) atoms. The monoisotopic (exact) mass is 248 g/mol. The topological polar surface area (TPSA) is 83.3 Å². The molecule has 0 saturated heterocycles. The fourth-order valence-electron chi connectivity index (χ4n) is 1.43. The zero-order chi connectivity index (χ0) is 12.4. The Morgan fingerprint density at radius 3 is 2.35 bits per heavy atom. The normalized spacial score (nSPS) is 10.1. The standard InChI is InChI=1S/C11H7NO4S/c13-11(14)9-5-6-17-10(9)7-1-3-8(4-2-7)12(15)16/h1-6H,(H,13,14)/p-1. The summed E-state index contributed by atoms with van der Waals surface area (Å²) in [6, 6.07) is 7.19. The molecular weight excluding hydrogens is 242 g/mol. The summed E-state index contributed by atoms with van der Waals surface area (Å²) in [5, 5.41) is 22.9. The van der Waals surface area contributed by atoms with E-state index >= 15 is 0 Å². The predicted molar refractivity (Wildman–Crippen MR) is 60.7 cm³/mol. The Labute approximate surface area is 100 Å². The van der Waals surface area contributed by atoms with Crippen LogP contribution in [-0.2, 0) is 0 Å². The molecule has 5 nitrogen and oxygen atoms in total. The van der Waals surface area contributed by atoms with E-state index in [0.717, 1.165) is 0 Å². The number of hydrogen-bond acceptors (Lipinski definition) is 5. The molecule has 0 aliphatic carbocycles. The van der Waals surface area contributed by atoms with Crippen molar-refractivity contribution < 1.29 is 14.8 Å². The molecule has 0 unspecified atom stereocenters. The smallest absolute Gasteiger partial charge is 0.269 e. The Morgan fingerprint density at radius 2 is 1.82 bits per heavy atom. The van der Waals surface area contributed by atoms with Crippen LogP contribution in [0.4, 0.5) is 5.69 Å². The van der Waals surface area contributed by atoms with Gasteiger partial charge in [-0.3, -0.25) is 10.1 Å². The van der Waals surface area contributed by atoms with E-state index in [0.29, 0.717) is 10.4 Å². The van der Waals surface area contributed by atoms with Crippen molar-refractivity contribution in [2.75, 3.05) is 0 Å². The number of thiophene rings is 1. The molecule has 0 aliphatic heterocycles. The van der Waals surface area contributed by atoms with Gasteiger partial charge in [0.1, 0.15) is 0 Å². The molecule has 0 radical (unpaired) electrons. The Morgan fingerprint density at radius 1 is 1.18 bits per heavy atom. The van der Waals surface area contributed by atoms with Gasteiger partial charge in [0, 0.05) is 22.6 Å². The van der Waals surface area contributed by atoms with Crippen molar-refractivity contribution in [1.29, 1.82) is 0 Å². The van der Waals surface area contributed by atoms with Crippen molar-refractivity contribution in [3.63, 3.8) is 0 Å². The highest BCUT2D eigenvalue weighted by atomic mass is 32.1. The third-order valence-corrected chi connectivity index (χ3v) is 3.19. The van der Waals surface area contributed by atoms with E-state index in [1.165, 1.54) is 41.7 Å². The largest absolute Gasteiger partial charge is 0.545 e. The van der Waals surface area contributed by atoms with Gasteiger partial charge in [-0.15, -0.1) is 11.3 Å². The number of non-ortho nitro benzene ring substituents is 1. The van der Waals surface area contributed by atoms with Gasteiger partial charge >= 0.3 is 0 Å². The number of benzene rings is 1. The van der Waals surface area contributed by atoms with E-state index in [9.17, 15) is 20.0 Å². The van der Waals surface area contributed by atoms with Gasteiger partial charge in [-0.2, -0.15) is 0 Å². The fourth-order valence-corrected chi connectivity index (χ4v) is 2.32. The van der Waals surface area contributed by atoms with Gasteiger partial charge in [-0.05, 0) is 29.1 Å². The van der Waals surface area contributed by atoms with Gasteiger partial charge in [0.25, 0.3) is 5.69 Å². The van der Waals surface area contributed by atoms with E-state index in [2.05, 4.69) is 0 Å². The lowest BCUT2D eigenvalue weighted by Gasteiger charge is -2.04. The molecule has 0 amide bonds. The van der Waals surface area contributed by atoms with Crippen LogP contribution in [-0.4, -0.2) is 10.9 Å². The average Bonchev–Trinajstić information content (AvgIpc) is 2.78. The second kappa shape index (κ2) is 4.34. The summed E-state index contributed by atoms with van der Waals surface area (Å²) >= 11 is 1.25. The molecule has 2 aromatic rings. The van der Waals surface area contributed by atoms with Crippen LogP contribution in [0.5, 0.6) is 0 Å². The molecule has 1 aromatic carbocycles. The first kappa shape index (κ1) is 11.3. The van der Waals surface area contributed by atoms with Crippen molar-refractivity contribution in [2.45, 2.75) is 0 Å². The Hall–Kier alpha value is -2.21. The van der Waals surface area contributed by atoms with Crippen LogP contribution in [0.15, 0.2) is 35.7 Å². The van der Waals surface area contributed by atoms with Gasteiger partial charge < -0.3 is 9.90 Å². The highest BCUT2D eigenvalue weighted by molar-refractivity contribution is 7.14. The van der Waals surface area contributed by atoms with Crippen LogP contribution in [0, 0.1) is 10.1 Å². The van der Waals surface area contributed by atoms with E-state index in [1.54, 1.807) is 5.38 Å². The number of carbonyl (C=O) groups is 1. The van der Waals surface area contributed by atoms with Crippen LogP contribution in [0.25, 0.3) is 10.4 Å². The van der Waals surface area contributed by atoms with Gasteiger partial charge in [0.05, 0.1) is 10.9 Å². The maximum atomic E-state index is 10.8. The van der Waals surface area contributed by atoms with Gasteiger partial charge in [-0.25, -0.2) is 0 Å². The van der Waals surface area contributed by atoms with E-state index in [4.69, 9.17) is 0 Å².